The number of alkyl halides is 1. The van der Waals surface area contributed by atoms with Gasteiger partial charge in [0.25, 0.3) is 0 Å². The van der Waals surface area contributed by atoms with Crippen LogP contribution in [-0.2, 0) is 5.88 Å². The molecule has 0 aliphatic heterocycles. The van der Waals surface area contributed by atoms with Crippen LogP contribution < -0.4 is 4.90 Å². The van der Waals surface area contributed by atoms with Gasteiger partial charge in [-0.25, -0.2) is 4.98 Å². The quantitative estimate of drug-likeness (QED) is 0.693. The Labute approximate surface area is 82.8 Å². The summed E-state index contributed by atoms with van der Waals surface area (Å²) in [4.78, 5) is 10.7. The van der Waals surface area contributed by atoms with Crippen molar-refractivity contribution in [3.63, 3.8) is 0 Å². The molecule has 0 radical (unpaired) electrons. The molecule has 0 atom stereocenters. The number of anilines is 1. The number of rotatable bonds is 3. The number of halogens is 1. The second-order valence-corrected chi connectivity index (χ2v) is 3.61. The number of hydrogen-bond acceptors (Lipinski definition) is 3. The molecule has 0 unspecified atom stereocenters. The fourth-order valence-corrected chi connectivity index (χ4v) is 1.41. The summed E-state index contributed by atoms with van der Waals surface area (Å²) < 4.78 is 0. The van der Waals surface area contributed by atoms with Crippen molar-refractivity contribution in [1.29, 1.82) is 0 Å². The number of aromatic nitrogens is 2. The molecule has 0 saturated heterocycles. The Hall–Kier alpha value is -0.830. The first-order chi connectivity index (χ1) is 6.31. The molecule has 0 bridgehead atoms. The lowest BCUT2D eigenvalue weighted by Gasteiger charge is -2.16. The van der Waals surface area contributed by atoms with Crippen LogP contribution in [0, 0.1) is 0 Å². The zero-order valence-electron chi connectivity index (χ0n) is 7.57. The third-order valence-corrected chi connectivity index (χ3v) is 2.54. The Morgan fingerprint density at radius 2 is 2.31 bits per heavy atom. The lowest BCUT2D eigenvalue weighted by molar-refractivity contribution is 0.875. The molecule has 1 aliphatic carbocycles. The fourth-order valence-electron chi connectivity index (χ4n) is 1.28. The van der Waals surface area contributed by atoms with Gasteiger partial charge in [-0.05, 0) is 12.8 Å². The van der Waals surface area contributed by atoms with Gasteiger partial charge in [-0.2, -0.15) is 0 Å². The predicted molar refractivity (Wildman–Crippen MR) is 53.0 cm³/mol. The van der Waals surface area contributed by atoms with E-state index in [9.17, 15) is 0 Å². The smallest absolute Gasteiger partial charge is 0.147 e. The Morgan fingerprint density at radius 1 is 1.54 bits per heavy atom. The van der Waals surface area contributed by atoms with Crippen molar-refractivity contribution in [3.05, 3.63) is 18.1 Å². The minimum absolute atomic E-state index is 0.430. The molecule has 1 aromatic heterocycles. The molecule has 2 rings (SSSR count). The standard InChI is InChI=1S/C9H12ClN3/c1-13(8-2-3-8)9-6-11-5-7(4-10)12-9/h5-6,8H,2-4H2,1H3. The van der Waals surface area contributed by atoms with E-state index >= 15 is 0 Å². The van der Waals surface area contributed by atoms with Crippen molar-refractivity contribution in [2.75, 3.05) is 11.9 Å². The summed E-state index contributed by atoms with van der Waals surface area (Å²) in [7, 11) is 2.06. The first-order valence-electron chi connectivity index (χ1n) is 4.41. The second-order valence-electron chi connectivity index (χ2n) is 3.34. The van der Waals surface area contributed by atoms with E-state index in [0.29, 0.717) is 11.9 Å². The monoisotopic (exact) mass is 197 g/mol. The normalized spacial score (nSPS) is 15.8. The second kappa shape index (κ2) is 3.50. The zero-order valence-corrected chi connectivity index (χ0v) is 8.33. The molecule has 13 heavy (non-hydrogen) atoms. The molecule has 1 heterocycles. The Balaban J connectivity index is 2.18. The summed E-state index contributed by atoms with van der Waals surface area (Å²) in [5, 5.41) is 0. The highest BCUT2D eigenvalue weighted by Gasteiger charge is 2.27. The SMILES string of the molecule is CN(c1cncc(CCl)n1)C1CC1. The molecule has 0 amide bonds. The van der Waals surface area contributed by atoms with Crippen molar-refractivity contribution in [1.82, 2.24) is 9.97 Å². The van der Waals surface area contributed by atoms with Gasteiger partial charge in [0.1, 0.15) is 5.82 Å². The van der Waals surface area contributed by atoms with Gasteiger partial charge in [-0.3, -0.25) is 4.98 Å². The maximum absolute atomic E-state index is 5.68. The van der Waals surface area contributed by atoms with E-state index < -0.39 is 0 Å². The molecule has 1 aliphatic rings. The maximum atomic E-state index is 5.68. The molecule has 3 nitrogen and oxygen atoms in total. The van der Waals surface area contributed by atoms with Crippen molar-refractivity contribution >= 4 is 17.4 Å². The molecule has 1 aromatic rings. The number of nitrogens with zero attached hydrogens (tertiary/aromatic N) is 3. The minimum atomic E-state index is 0.430. The summed E-state index contributed by atoms with van der Waals surface area (Å²) in [6.07, 6.45) is 6.03. The van der Waals surface area contributed by atoms with Crippen LogP contribution >= 0.6 is 11.6 Å². The highest BCUT2D eigenvalue weighted by atomic mass is 35.5. The zero-order chi connectivity index (χ0) is 9.26. The summed E-state index contributed by atoms with van der Waals surface area (Å²) in [6.45, 7) is 0. The minimum Gasteiger partial charge on any atom is -0.355 e. The highest BCUT2D eigenvalue weighted by molar-refractivity contribution is 6.16. The average Bonchev–Trinajstić information content (AvgIpc) is 3.00. The fraction of sp³-hybridized carbons (Fsp3) is 0.556. The third kappa shape index (κ3) is 1.91. The molecule has 0 aromatic carbocycles. The van der Waals surface area contributed by atoms with Crippen LogP contribution in [-0.4, -0.2) is 23.1 Å². The Kier molecular flexibility index (Phi) is 2.36. The van der Waals surface area contributed by atoms with E-state index in [-0.39, 0.29) is 0 Å². The summed E-state index contributed by atoms with van der Waals surface area (Å²) in [5.74, 6) is 1.36. The van der Waals surface area contributed by atoms with Gasteiger partial charge in [0.2, 0.25) is 0 Å². The van der Waals surface area contributed by atoms with Crippen LogP contribution in [0.15, 0.2) is 12.4 Å². The predicted octanol–water partition coefficient (Wildman–Crippen LogP) is 1.81. The summed E-state index contributed by atoms with van der Waals surface area (Å²) in [6, 6.07) is 0.667. The van der Waals surface area contributed by atoms with Gasteiger partial charge in [0.05, 0.1) is 17.8 Å². The molecule has 4 heteroatoms. The summed E-state index contributed by atoms with van der Waals surface area (Å²) >= 11 is 5.68. The maximum Gasteiger partial charge on any atom is 0.147 e. The molecule has 70 valence electrons. The van der Waals surface area contributed by atoms with Gasteiger partial charge in [0, 0.05) is 19.3 Å². The van der Waals surface area contributed by atoms with Crippen LogP contribution in [0.1, 0.15) is 18.5 Å². The van der Waals surface area contributed by atoms with Gasteiger partial charge in [-0.15, -0.1) is 11.6 Å². The molecule has 1 saturated carbocycles. The van der Waals surface area contributed by atoms with Gasteiger partial charge in [0.15, 0.2) is 0 Å². The van der Waals surface area contributed by atoms with E-state index in [1.807, 2.05) is 0 Å². The highest BCUT2D eigenvalue weighted by Crippen LogP contribution is 2.28. The van der Waals surface area contributed by atoms with Gasteiger partial charge < -0.3 is 4.90 Å². The van der Waals surface area contributed by atoms with Crippen LogP contribution in [0.4, 0.5) is 5.82 Å². The first kappa shape index (κ1) is 8.75. The van der Waals surface area contributed by atoms with E-state index in [2.05, 4.69) is 21.9 Å². The molecule has 0 spiro atoms. The van der Waals surface area contributed by atoms with E-state index in [1.54, 1.807) is 12.4 Å². The lowest BCUT2D eigenvalue weighted by Crippen LogP contribution is -2.21. The van der Waals surface area contributed by atoms with Crippen LogP contribution in [0.25, 0.3) is 0 Å². The van der Waals surface area contributed by atoms with Crippen molar-refractivity contribution < 1.29 is 0 Å². The van der Waals surface area contributed by atoms with Gasteiger partial charge in [-0.1, -0.05) is 0 Å². The first-order valence-corrected chi connectivity index (χ1v) is 4.94. The average molecular weight is 198 g/mol. The Morgan fingerprint density at radius 3 is 2.92 bits per heavy atom. The molecular weight excluding hydrogens is 186 g/mol. The van der Waals surface area contributed by atoms with E-state index in [0.717, 1.165) is 11.5 Å². The van der Waals surface area contributed by atoms with Crippen LogP contribution in [0.2, 0.25) is 0 Å². The third-order valence-electron chi connectivity index (χ3n) is 2.26. The van der Waals surface area contributed by atoms with Gasteiger partial charge >= 0.3 is 0 Å². The number of hydrogen-bond donors (Lipinski definition) is 0. The topological polar surface area (TPSA) is 29.0 Å². The largest absolute Gasteiger partial charge is 0.355 e. The summed E-state index contributed by atoms with van der Waals surface area (Å²) in [5.41, 5.74) is 0.840. The Bertz CT molecular complexity index is 299. The van der Waals surface area contributed by atoms with Crippen molar-refractivity contribution in [3.8, 4) is 0 Å². The van der Waals surface area contributed by atoms with Crippen LogP contribution in [0.5, 0.6) is 0 Å². The molecular formula is C9H12ClN3. The molecule has 1 fully saturated rings. The van der Waals surface area contributed by atoms with E-state index in [1.165, 1.54) is 12.8 Å². The van der Waals surface area contributed by atoms with Crippen molar-refractivity contribution in [2.45, 2.75) is 24.8 Å². The van der Waals surface area contributed by atoms with Crippen molar-refractivity contribution in [2.24, 2.45) is 0 Å². The van der Waals surface area contributed by atoms with E-state index in [4.69, 9.17) is 11.6 Å². The molecule has 0 N–H and O–H groups in total. The lowest BCUT2D eigenvalue weighted by atomic mass is 10.4. The van der Waals surface area contributed by atoms with Crippen LogP contribution in [0.3, 0.4) is 0 Å².